The van der Waals surface area contributed by atoms with Crippen molar-refractivity contribution in [1.82, 2.24) is 15.2 Å². The lowest BCUT2D eigenvalue weighted by molar-refractivity contribution is 0.282. The Morgan fingerprint density at radius 1 is 0.966 bits per heavy atom. The summed E-state index contributed by atoms with van der Waals surface area (Å²) in [5, 5.41) is 29.0. The number of aryl methyl sites for hydroxylation is 1. The van der Waals surface area contributed by atoms with Crippen molar-refractivity contribution < 1.29 is 10.2 Å². The van der Waals surface area contributed by atoms with Crippen molar-refractivity contribution in [3.8, 4) is 0 Å². The van der Waals surface area contributed by atoms with Crippen LogP contribution in [0.25, 0.3) is 0 Å². The predicted molar refractivity (Wildman–Crippen MR) is 117 cm³/mol. The van der Waals surface area contributed by atoms with Crippen LogP contribution in [-0.4, -0.2) is 51.7 Å². The van der Waals surface area contributed by atoms with Gasteiger partial charge in [-0.05, 0) is 44.0 Å². The summed E-state index contributed by atoms with van der Waals surface area (Å²) >= 11 is 1.66. The monoisotopic (exact) mass is 413 g/mol. The van der Waals surface area contributed by atoms with E-state index in [9.17, 15) is 10.2 Å². The number of hydrogen-bond acceptors (Lipinski definition) is 7. The zero-order valence-corrected chi connectivity index (χ0v) is 17.3. The lowest BCUT2D eigenvalue weighted by atomic mass is 10.3. The van der Waals surface area contributed by atoms with Crippen molar-refractivity contribution in [3.63, 3.8) is 0 Å². The van der Waals surface area contributed by atoms with Crippen LogP contribution in [0.1, 0.15) is 18.5 Å². The summed E-state index contributed by atoms with van der Waals surface area (Å²) in [5.74, 6) is 2.22. The molecule has 7 nitrogen and oxygen atoms in total. The van der Waals surface area contributed by atoms with Gasteiger partial charge in [0.25, 0.3) is 0 Å². The molecular formula is C21H27N5O2S. The first kappa shape index (κ1) is 21.2. The van der Waals surface area contributed by atoms with Crippen LogP contribution in [0.2, 0.25) is 0 Å². The summed E-state index contributed by atoms with van der Waals surface area (Å²) in [5.41, 5.74) is 0.968. The first-order chi connectivity index (χ1) is 14.2. The molecule has 3 aromatic rings. The van der Waals surface area contributed by atoms with Crippen molar-refractivity contribution in [3.05, 3.63) is 54.2 Å². The molecule has 0 amide bonds. The molecule has 0 aliphatic carbocycles. The topological polar surface area (TPSA) is 97.3 Å². The highest BCUT2D eigenvalue weighted by Crippen LogP contribution is 2.32. The van der Waals surface area contributed by atoms with E-state index in [4.69, 9.17) is 4.98 Å². The molecule has 8 heteroatoms. The number of aliphatic hydroxyl groups excluding tert-OH is 2. The van der Waals surface area contributed by atoms with Crippen LogP contribution in [-0.2, 0) is 0 Å². The van der Waals surface area contributed by atoms with E-state index in [0.717, 1.165) is 21.3 Å². The second-order valence-corrected chi connectivity index (χ2v) is 7.81. The van der Waals surface area contributed by atoms with Gasteiger partial charge in [-0.3, -0.25) is 5.10 Å². The van der Waals surface area contributed by atoms with Crippen LogP contribution < -0.4 is 10.2 Å². The van der Waals surface area contributed by atoms with Gasteiger partial charge < -0.3 is 20.4 Å². The first-order valence-electron chi connectivity index (χ1n) is 9.68. The molecule has 154 valence electrons. The van der Waals surface area contributed by atoms with Gasteiger partial charge in [-0.1, -0.05) is 30.0 Å². The average molecular weight is 414 g/mol. The molecular weight excluding hydrogens is 386 g/mol. The van der Waals surface area contributed by atoms with Gasteiger partial charge >= 0.3 is 0 Å². The van der Waals surface area contributed by atoms with E-state index in [1.54, 1.807) is 11.8 Å². The Balaban J connectivity index is 1.91. The molecule has 0 unspecified atom stereocenters. The zero-order valence-electron chi connectivity index (χ0n) is 16.5. The molecule has 0 aliphatic heterocycles. The Kier molecular flexibility index (Phi) is 7.92. The molecule has 0 radical (unpaired) electrons. The third-order valence-electron chi connectivity index (χ3n) is 4.22. The van der Waals surface area contributed by atoms with Crippen molar-refractivity contribution in [1.29, 1.82) is 0 Å². The molecule has 0 saturated heterocycles. The summed E-state index contributed by atoms with van der Waals surface area (Å²) in [7, 11) is 0. The Morgan fingerprint density at radius 2 is 1.69 bits per heavy atom. The second kappa shape index (κ2) is 10.8. The van der Waals surface area contributed by atoms with Gasteiger partial charge in [0.1, 0.15) is 11.6 Å². The third kappa shape index (κ3) is 6.49. The molecule has 0 bridgehead atoms. The third-order valence-corrected chi connectivity index (χ3v) is 5.20. The number of aromatic amines is 1. The number of H-pyrrole nitrogens is 1. The summed E-state index contributed by atoms with van der Waals surface area (Å²) in [6.07, 6.45) is 1.29. The fraction of sp³-hybridized carbons (Fsp3) is 0.333. The van der Waals surface area contributed by atoms with Crippen LogP contribution in [0.4, 0.5) is 17.5 Å². The number of hydrogen-bond donors (Lipinski definition) is 4. The quantitative estimate of drug-likeness (QED) is 0.381. The maximum absolute atomic E-state index is 9.26. The van der Waals surface area contributed by atoms with E-state index in [1.165, 1.54) is 0 Å². The molecule has 0 fully saturated rings. The fourth-order valence-electron chi connectivity index (χ4n) is 2.88. The zero-order chi connectivity index (χ0) is 20.5. The van der Waals surface area contributed by atoms with E-state index in [0.29, 0.717) is 37.6 Å². The molecule has 1 aromatic carbocycles. The Labute approximate surface area is 175 Å². The summed E-state index contributed by atoms with van der Waals surface area (Å²) in [6.45, 7) is 3.52. The van der Waals surface area contributed by atoms with Gasteiger partial charge in [0.05, 0.1) is 0 Å². The number of aromatic nitrogens is 3. The number of anilines is 3. The molecule has 2 aromatic heterocycles. The maximum Gasteiger partial charge on any atom is 0.153 e. The average Bonchev–Trinajstić information content (AvgIpc) is 3.13. The number of nitrogens with zero attached hydrogens (tertiary/aromatic N) is 3. The fourth-order valence-corrected chi connectivity index (χ4v) is 3.78. The van der Waals surface area contributed by atoms with Crippen LogP contribution in [0.15, 0.2) is 58.3 Å². The molecule has 4 N–H and O–H groups in total. The normalized spacial score (nSPS) is 10.9. The van der Waals surface area contributed by atoms with Gasteiger partial charge in [-0.15, -0.1) is 0 Å². The Hall–Kier alpha value is -2.55. The van der Waals surface area contributed by atoms with E-state index in [-0.39, 0.29) is 13.2 Å². The van der Waals surface area contributed by atoms with E-state index >= 15 is 0 Å². The number of rotatable bonds is 11. The van der Waals surface area contributed by atoms with Crippen LogP contribution >= 0.6 is 11.8 Å². The minimum absolute atomic E-state index is 0.117. The van der Waals surface area contributed by atoms with Gasteiger partial charge in [-0.2, -0.15) is 5.10 Å². The molecule has 0 spiro atoms. The van der Waals surface area contributed by atoms with Gasteiger partial charge in [0.15, 0.2) is 5.82 Å². The van der Waals surface area contributed by atoms with Crippen molar-refractivity contribution in [2.45, 2.75) is 29.6 Å². The van der Waals surface area contributed by atoms with Gasteiger partial charge in [0.2, 0.25) is 0 Å². The summed E-state index contributed by atoms with van der Waals surface area (Å²) in [6, 6.07) is 16.2. The summed E-state index contributed by atoms with van der Waals surface area (Å²) in [4.78, 5) is 9.06. The van der Waals surface area contributed by atoms with Crippen molar-refractivity contribution >= 4 is 29.2 Å². The minimum atomic E-state index is 0.117. The smallest absolute Gasteiger partial charge is 0.153 e. The molecule has 0 atom stereocenters. The first-order valence-corrected chi connectivity index (χ1v) is 10.5. The van der Waals surface area contributed by atoms with Crippen LogP contribution in [0, 0.1) is 6.92 Å². The lowest BCUT2D eigenvalue weighted by Gasteiger charge is -2.24. The highest BCUT2D eigenvalue weighted by Gasteiger charge is 2.12. The molecule has 0 saturated carbocycles. The highest BCUT2D eigenvalue weighted by molar-refractivity contribution is 7.99. The number of benzene rings is 1. The highest BCUT2D eigenvalue weighted by atomic mass is 32.2. The largest absolute Gasteiger partial charge is 0.396 e. The van der Waals surface area contributed by atoms with Crippen LogP contribution in [0.3, 0.4) is 0 Å². The van der Waals surface area contributed by atoms with E-state index in [2.05, 4.69) is 32.5 Å². The lowest BCUT2D eigenvalue weighted by Crippen LogP contribution is -2.28. The van der Waals surface area contributed by atoms with Crippen molar-refractivity contribution in [2.24, 2.45) is 0 Å². The number of pyridine rings is 1. The van der Waals surface area contributed by atoms with E-state index < -0.39 is 0 Å². The molecule has 2 heterocycles. The second-order valence-electron chi connectivity index (χ2n) is 6.66. The van der Waals surface area contributed by atoms with Gasteiger partial charge in [-0.25, -0.2) is 4.98 Å². The summed E-state index contributed by atoms with van der Waals surface area (Å²) < 4.78 is 0. The predicted octanol–water partition coefficient (Wildman–Crippen LogP) is 3.58. The molecule has 3 rings (SSSR count). The molecule has 29 heavy (non-hydrogen) atoms. The number of nitrogens with one attached hydrogen (secondary N) is 2. The number of aliphatic hydroxyl groups is 2. The standard InChI is InChI=1S/C21H27N5O2S/c1-16-13-20(25-24-16)22-19-14-18(29-17-7-3-2-4-8-17)15-21(23-19)26(9-5-11-27)10-6-12-28/h2-4,7-8,13-15,27-28H,5-6,9-12H2,1H3,(H2,22,23,24,25). The SMILES string of the molecule is Cc1cc(Nc2cc(Sc3ccccc3)cc(N(CCCO)CCCO)n2)n[nH]1. The minimum Gasteiger partial charge on any atom is -0.396 e. The Morgan fingerprint density at radius 3 is 2.31 bits per heavy atom. The van der Waals surface area contributed by atoms with Crippen LogP contribution in [0.5, 0.6) is 0 Å². The molecule has 0 aliphatic rings. The van der Waals surface area contributed by atoms with E-state index in [1.807, 2.05) is 43.3 Å². The van der Waals surface area contributed by atoms with Gasteiger partial charge in [0, 0.05) is 47.9 Å². The maximum atomic E-state index is 9.26. The van der Waals surface area contributed by atoms with Crippen molar-refractivity contribution in [2.75, 3.05) is 36.5 Å². The Bertz CT molecular complexity index is 880.